The summed E-state index contributed by atoms with van der Waals surface area (Å²) in [6.07, 6.45) is -3.13. The van der Waals surface area contributed by atoms with Crippen LogP contribution < -0.4 is 0 Å². The second kappa shape index (κ2) is 8.88. The van der Waals surface area contributed by atoms with Gasteiger partial charge in [-0.05, 0) is 11.8 Å². The predicted octanol–water partition coefficient (Wildman–Crippen LogP) is -0.119. The third-order valence-corrected chi connectivity index (χ3v) is 6.86. The van der Waals surface area contributed by atoms with Crippen molar-refractivity contribution in [3.63, 3.8) is 0 Å². The van der Waals surface area contributed by atoms with Crippen LogP contribution in [0.2, 0.25) is 0 Å². The van der Waals surface area contributed by atoms with E-state index in [0.717, 1.165) is 7.11 Å². The van der Waals surface area contributed by atoms with Gasteiger partial charge in [0.1, 0.15) is 20.1 Å². The molecule has 0 aromatic heterocycles. The number of carbonyl (C=O) groups is 1. The van der Waals surface area contributed by atoms with E-state index in [1.165, 1.54) is 0 Å². The molecule has 18 heteroatoms. The first-order valence-corrected chi connectivity index (χ1v) is 11.8. The van der Waals surface area contributed by atoms with Gasteiger partial charge in [0.25, 0.3) is 0 Å². The van der Waals surface area contributed by atoms with Gasteiger partial charge in [0.05, 0.1) is 13.7 Å². The Hall–Kier alpha value is 0.125. The standard InChI is InChI=1S/C7H14BO13P3S/c1-16-7(9)19-4-2-6(8)18-5(4)3-17-22(10,11)20-23(12,13)21-24(14,15)25/h4-6H,2-3H2,1H3,(H,10,11)(H,12,13)(H2,14,15,25). The van der Waals surface area contributed by atoms with Crippen molar-refractivity contribution in [3.05, 3.63) is 0 Å². The maximum atomic E-state index is 11.6. The summed E-state index contributed by atoms with van der Waals surface area (Å²) in [4.78, 5) is 47.1. The molecule has 0 bridgehead atoms. The van der Waals surface area contributed by atoms with Gasteiger partial charge in [0.15, 0.2) is 0 Å². The summed E-state index contributed by atoms with van der Waals surface area (Å²) >= 11 is 3.94. The van der Waals surface area contributed by atoms with E-state index in [1.807, 2.05) is 0 Å². The zero-order chi connectivity index (χ0) is 19.5. The largest absolute Gasteiger partial charge is 0.508 e. The maximum absolute atomic E-state index is 11.6. The van der Waals surface area contributed by atoms with Crippen LogP contribution in [-0.4, -0.2) is 65.5 Å². The minimum Gasteiger partial charge on any atom is -0.438 e. The lowest BCUT2D eigenvalue weighted by atomic mass is 9.96. The molecule has 144 valence electrons. The van der Waals surface area contributed by atoms with Crippen LogP contribution in [0.1, 0.15) is 6.42 Å². The van der Waals surface area contributed by atoms with E-state index >= 15 is 0 Å². The fourth-order valence-corrected chi connectivity index (χ4v) is 5.45. The number of methoxy groups -OCH3 is 1. The Morgan fingerprint density at radius 3 is 2.36 bits per heavy atom. The van der Waals surface area contributed by atoms with Crippen molar-refractivity contribution in [1.82, 2.24) is 0 Å². The van der Waals surface area contributed by atoms with Gasteiger partial charge in [-0.15, -0.1) is 0 Å². The van der Waals surface area contributed by atoms with E-state index in [2.05, 4.69) is 29.7 Å². The average molecular weight is 442 g/mol. The van der Waals surface area contributed by atoms with E-state index in [9.17, 15) is 18.8 Å². The van der Waals surface area contributed by atoms with E-state index in [0.29, 0.717) is 0 Å². The summed E-state index contributed by atoms with van der Waals surface area (Å²) in [5, 5.41) is 0. The number of hydrogen-bond donors (Lipinski definition) is 4. The van der Waals surface area contributed by atoms with Gasteiger partial charge in [0.2, 0.25) is 0 Å². The molecule has 4 N–H and O–H groups in total. The van der Waals surface area contributed by atoms with Crippen LogP contribution in [0.25, 0.3) is 0 Å². The zero-order valence-electron chi connectivity index (χ0n) is 12.4. The third-order valence-electron chi connectivity index (χ3n) is 2.46. The molecule has 25 heavy (non-hydrogen) atoms. The van der Waals surface area contributed by atoms with Gasteiger partial charge in [-0.3, -0.25) is 4.52 Å². The lowest BCUT2D eigenvalue weighted by molar-refractivity contribution is -0.0277. The van der Waals surface area contributed by atoms with Gasteiger partial charge >= 0.3 is 28.5 Å². The number of carbonyl (C=O) groups excluding carboxylic acids is 1. The topological polar surface area (TPSA) is 188 Å². The highest BCUT2D eigenvalue weighted by Gasteiger charge is 2.42. The van der Waals surface area contributed by atoms with Crippen LogP contribution in [0.4, 0.5) is 4.79 Å². The van der Waals surface area contributed by atoms with Gasteiger partial charge in [-0.2, -0.15) is 4.31 Å². The van der Waals surface area contributed by atoms with E-state index in [4.69, 9.17) is 32.0 Å². The Kier molecular flexibility index (Phi) is 8.22. The second-order valence-electron chi connectivity index (χ2n) is 4.45. The molecule has 0 aromatic rings. The summed E-state index contributed by atoms with van der Waals surface area (Å²) in [5.41, 5.74) is 0. The van der Waals surface area contributed by atoms with Crippen molar-refractivity contribution < 1.29 is 60.9 Å². The quantitative estimate of drug-likeness (QED) is 0.221. The maximum Gasteiger partial charge on any atom is 0.508 e. The molecule has 1 aliphatic rings. The van der Waals surface area contributed by atoms with E-state index in [-0.39, 0.29) is 6.42 Å². The average Bonchev–Trinajstić information content (AvgIpc) is 2.72. The molecular formula is C7H14BO13P3S. The zero-order valence-corrected chi connectivity index (χ0v) is 15.9. The molecular weight excluding hydrogens is 428 g/mol. The first-order chi connectivity index (χ1) is 11.2. The van der Waals surface area contributed by atoms with Crippen molar-refractivity contribution in [2.75, 3.05) is 13.7 Å². The normalized spacial score (nSPS) is 28.8. The Bertz CT molecular complexity index is 623. The van der Waals surface area contributed by atoms with Crippen molar-refractivity contribution >= 4 is 48.2 Å². The van der Waals surface area contributed by atoms with Crippen molar-refractivity contribution in [2.45, 2.75) is 24.6 Å². The number of rotatable bonds is 8. The first kappa shape index (κ1) is 23.2. The molecule has 0 spiro atoms. The lowest BCUT2D eigenvalue weighted by Crippen LogP contribution is -2.31. The van der Waals surface area contributed by atoms with Crippen molar-refractivity contribution in [2.24, 2.45) is 0 Å². The second-order valence-corrected chi connectivity index (χ2v) is 10.3. The van der Waals surface area contributed by atoms with E-state index < -0.39 is 53.3 Å². The fourth-order valence-electron chi connectivity index (χ4n) is 1.66. The Morgan fingerprint density at radius 2 is 1.84 bits per heavy atom. The molecule has 1 rings (SSSR count). The summed E-state index contributed by atoms with van der Waals surface area (Å²) in [6.45, 7) is -5.40. The number of phosphoric ester groups is 1. The first-order valence-electron chi connectivity index (χ1n) is 6.17. The monoisotopic (exact) mass is 442 g/mol. The molecule has 1 saturated heterocycles. The van der Waals surface area contributed by atoms with Crippen LogP contribution in [0.15, 0.2) is 0 Å². The highest BCUT2D eigenvalue weighted by atomic mass is 32.5. The molecule has 0 aromatic carbocycles. The van der Waals surface area contributed by atoms with Crippen LogP contribution in [0.3, 0.4) is 0 Å². The summed E-state index contributed by atoms with van der Waals surface area (Å²) in [6, 6.07) is -0.871. The van der Waals surface area contributed by atoms with Gasteiger partial charge in [0, 0.05) is 12.4 Å². The predicted molar refractivity (Wildman–Crippen MR) is 82.8 cm³/mol. The van der Waals surface area contributed by atoms with E-state index in [1.54, 1.807) is 0 Å². The Labute approximate surface area is 148 Å². The van der Waals surface area contributed by atoms with Crippen LogP contribution in [0, 0.1) is 0 Å². The molecule has 2 radical (unpaired) electrons. The smallest absolute Gasteiger partial charge is 0.438 e. The highest BCUT2D eigenvalue weighted by Crippen LogP contribution is 2.66. The highest BCUT2D eigenvalue weighted by molar-refractivity contribution is 8.08. The lowest BCUT2D eigenvalue weighted by Gasteiger charge is -2.21. The summed E-state index contributed by atoms with van der Waals surface area (Å²) in [7, 11) is -4.08. The van der Waals surface area contributed by atoms with Crippen LogP contribution in [0.5, 0.6) is 0 Å². The molecule has 0 saturated carbocycles. The Morgan fingerprint density at radius 1 is 1.24 bits per heavy atom. The summed E-state index contributed by atoms with van der Waals surface area (Å²) < 4.78 is 49.2. The van der Waals surface area contributed by atoms with Crippen LogP contribution >= 0.6 is 22.4 Å². The van der Waals surface area contributed by atoms with Crippen LogP contribution in [-0.2, 0) is 48.3 Å². The molecule has 1 aliphatic heterocycles. The molecule has 5 unspecified atom stereocenters. The fraction of sp³-hybridized carbons (Fsp3) is 0.857. The molecule has 1 heterocycles. The third kappa shape index (κ3) is 9.05. The number of phosphoric acid groups is 2. The van der Waals surface area contributed by atoms with Gasteiger partial charge in [-0.25, -0.2) is 18.2 Å². The molecule has 5 atom stereocenters. The van der Waals surface area contributed by atoms with Crippen molar-refractivity contribution in [3.8, 4) is 0 Å². The molecule has 0 aliphatic carbocycles. The summed E-state index contributed by atoms with van der Waals surface area (Å²) in [5.74, 6) is 0. The van der Waals surface area contributed by atoms with Gasteiger partial charge in [-0.1, -0.05) is 0 Å². The number of ether oxygens (including phenoxy) is 3. The molecule has 0 amide bonds. The minimum absolute atomic E-state index is 0.0271. The molecule has 13 nitrogen and oxygen atoms in total. The minimum atomic E-state index is -5.42. The van der Waals surface area contributed by atoms with Crippen molar-refractivity contribution in [1.29, 1.82) is 0 Å². The Balaban J connectivity index is 2.64. The molecule has 1 fully saturated rings. The number of hydrogen-bond acceptors (Lipinski definition) is 10. The SMILES string of the molecule is [B]C1CC(OC(=O)OC)C(COP(=O)(O)OP(=O)(O)OP(O)(O)=S)O1. The van der Waals surface area contributed by atoms with Gasteiger partial charge < -0.3 is 33.8 Å².